The summed E-state index contributed by atoms with van der Waals surface area (Å²) in [6, 6.07) is 5.89. The molecule has 0 bridgehead atoms. The van der Waals surface area contributed by atoms with Crippen LogP contribution in [0.25, 0.3) is 11.1 Å². The van der Waals surface area contributed by atoms with Gasteiger partial charge in [0.15, 0.2) is 11.5 Å². The number of oxazole rings is 1. The maximum Gasteiger partial charge on any atom is 0.225 e. The van der Waals surface area contributed by atoms with Crippen LogP contribution in [0.1, 0.15) is 44.3 Å². The van der Waals surface area contributed by atoms with Gasteiger partial charge in [-0.2, -0.15) is 4.37 Å². The van der Waals surface area contributed by atoms with Crippen LogP contribution >= 0.6 is 23.1 Å². The molecule has 0 spiro atoms. The predicted molar refractivity (Wildman–Crippen MR) is 106 cm³/mol. The van der Waals surface area contributed by atoms with Gasteiger partial charge in [-0.05, 0) is 48.0 Å². The number of carbonyl (C=O) groups excluding carboxylic acids is 1. The van der Waals surface area contributed by atoms with Gasteiger partial charge >= 0.3 is 0 Å². The molecule has 0 aliphatic heterocycles. The molecule has 26 heavy (non-hydrogen) atoms. The number of amides is 1. The van der Waals surface area contributed by atoms with Crippen LogP contribution < -0.4 is 5.32 Å². The zero-order chi connectivity index (χ0) is 18.9. The number of rotatable bonds is 5. The van der Waals surface area contributed by atoms with Crippen LogP contribution in [0, 0.1) is 12.3 Å². The van der Waals surface area contributed by atoms with E-state index in [4.69, 9.17) is 16.0 Å². The Morgan fingerprint density at radius 2 is 2.12 bits per heavy atom. The Labute approximate surface area is 161 Å². The van der Waals surface area contributed by atoms with Crippen LogP contribution in [0.2, 0.25) is 5.02 Å². The van der Waals surface area contributed by atoms with E-state index >= 15 is 0 Å². The highest BCUT2D eigenvalue weighted by atomic mass is 35.5. The number of halogens is 1. The van der Waals surface area contributed by atoms with Crippen LogP contribution in [0.4, 0.5) is 5.00 Å². The normalized spacial score (nSPS) is 11.9. The van der Waals surface area contributed by atoms with E-state index in [9.17, 15) is 4.79 Å². The van der Waals surface area contributed by atoms with Gasteiger partial charge in [-0.15, -0.1) is 0 Å². The first-order chi connectivity index (χ1) is 12.2. The topological polar surface area (TPSA) is 68.0 Å². The number of hydrogen-bond acceptors (Lipinski definition) is 5. The van der Waals surface area contributed by atoms with Crippen molar-refractivity contribution < 1.29 is 9.21 Å². The van der Waals surface area contributed by atoms with Gasteiger partial charge in [0, 0.05) is 12.8 Å². The number of benzene rings is 1. The van der Waals surface area contributed by atoms with Crippen LogP contribution in [-0.2, 0) is 17.6 Å². The Morgan fingerprint density at radius 3 is 2.77 bits per heavy atom. The summed E-state index contributed by atoms with van der Waals surface area (Å²) >= 11 is 7.30. The molecule has 7 heteroatoms. The molecule has 0 saturated carbocycles. The number of nitrogens with zero attached hydrogens (tertiary/aromatic N) is 2. The molecular weight excluding hydrogens is 370 g/mol. The molecule has 0 aliphatic carbocycles. The number of fused-ring (bicyclic) bond motifs is 1. The Kier molecular flexibility index (Phi) is 5.34. The maximum atomic E-state index is 12.1. The minimum Gasteiger partial charge on any atom is -0.441 e. The average Bonchev–Trinajstić information content (AvgIpc) is 3.08. The summed E-state index contributed by atoms with van der Waals surface area (Å²) < 4.78 is 9.93. The number of anilines is 1. The lowest BCUT2D eigenvalue weighted by Gasteiger charge is -2.14. The lowest BCUT2D eigenvalue weighted by molar-refractivity contribution is -0.116. The fraction of sp³-hybridized carbons (Fsp3) is 0.421. The van der Waals surface area contributed by atoms with Crippen molar-refractivity contribution in [1.29, 1.82) is 0 Å². The van der Waals surface area contributed by atoms with Gasteiger partial charge in [-0.25, -0.2) is 4.98 Å². The van der Waals surface area contributed by atoms with Gasteiger partial charge in [0.05, 0.1) is 10.7 Å². The summed E-state index contributed by atoms with van der Waals surface area (Å²) in [5.41, 5.74) is 3.52. The van der Waals surface area contributed by atoms with Crippen molar-refractivity contribution in [3.8, 4) is 0 Å². The van der Waals surface area contributed by atoms with E-state index in [-0.39, 0.29) is 11.3 Å². The van der Waals surface area contributed by atoms with E-state index in [0.717, 1.165) is 34.7 Å². The van der Waals surface area contributed by atoms with Gasteiger partial charge < -0.3 is 9.73 Å². The van der Waals surface area contributed by atoms with Crippen molar-refractivity contribution in [3.05, 3.63) is 40.4 Å². The van der Waals surface area contributed by atoms with E-state index in [2.05, 4.69) is 35.4 Å². The van der Waals surface area contributed by atoms with E-state index in [1.54, 1.807) is 0 Å². The summed E-state index contributed by atoms with van der Waals surface area (Å²) in [6.07, 6.45) is 1.78. The highest BCUT2D eigenvalue weighted by molar-refractivity contribution is 7.11. The lowest BCUT2D eigenvalue weighted by atomic mass is 9.92. The molecule has 0 atom stereocenters. The Hall–Kier alpha value is -1.92. The van der Waals surface area contributed by atoms with Crippen LogP contribution in [0.15, 0.2) is 22.6 Å². The first-order valence-corrected chi connectivity index (χ1v) is 9.66. The third-order valence-electron chi connectivity index (χ3n) is 3.86. The zero-order valence-electron chi connectivity index (χ0n) is 15.4. The molecule has 3 rings (SSSR count). The molecule has 2 heterocycles. The van der Waals surface area contributed by atoms with E-state index < -0.39 is 0 Å². The predicted octanol–water partition coefficient (Wildman–Crippen LogP) is 5.41. The largest absolute Gasteiger partial charge is 0.441 e. The molecule has 0 radical (unpaired) electrons. The lowest BCUT2D eigenvalue weighted by Crippen LogP contribution is -2.11. The highest BCUT2D eigenvalue weighted by Gasteiger charge is 2.16. The van der Waals surface area contributed by atoms with Crippen molar-refractivity contribution in [1.82, 2.24) is 9.36 Å². The standard InChI is InChI=1S/C19H22ClN3O2S/c1-11-17(20)18(26-23-11)22-15(24)8-6-12-5-7-14-13(9-12)21-16(25-14)10-19(2,3)4/h5,7,9H,6,8,10H2,1-4H3,(H,22,24). The van der Waals surface area contributed by atoms with Gasteiger partial charge in [0.2, 0.25) is 5.91 Å². The third kappa shape index (κ3) is 4.62. The SMILES string of the molecule is Cc1nsc(NC(=O)CCc2ccc3oc(CC(C)(C)C)nc3c2)c1Cl. The molecule has 138 valence electrons. The number of nitrogens with one attached hydrogen (secondary N) is 1. The molecule has 1 aromatic carbocycles. The molecular formula is C19H22ClN3O2S. The molecule has 0 aliphatic rings. The Bertz CT molecular complexity index is 940. The van der Waals surface area contributed by atoms with Crippen molar-refractivity contribution in [2.24, 2.45) is 5.41 Å². The zero-order valence-corrected chi connectivity index (χ0v) is 16.9. The van der Waals surface area contributed by atoms with Crippen molar-refractivity contribution in [2.45, 2.75) is 47.0 Å². The minimum absolute atomic E-state index is 0.0794. The number of carbonyl (C=O) groups is 1. The first kappa shape index (κ1) is 18.9. The molecule has 0 unspecified atom stereocenters. The van der Waals surface area contributed by atoms with E-state index in [1.807, 2.05) is 25.1 Å². The quantitative estimate of drug-likeness (QED) is 0.631. The molecule has 0 saturated heterocycles. The Balaban J connectivity index is 1.63. The average molecular weight is 392 g/mol. The van der Waals surface area contributed by atoms with E-state index in [1.165, 1.54) is 11.5 Å². The smallest absolute Gasteiger partial charge is 0.225 e. The van der Waals surface area contributed by atoms with Crippen molar-refractivity contribution >= 4 is 45.1 Å². The van der Waals surface area contributed by atoms with Crippen LogP contribution in [0.3, 0.4) is 0 Å². The van der Waals surface area contributed by atoms with Gasteiger partial charge in [-0.3, -0.25) is 4.79 Å². The second-order valence-electron chi connectivity index (χ2n) is 7.61. The molecule has 1 amide bonds. The van der Waals surface area contributed by atoms with Crippen LogP contribution in [0.5, 0.6) is 0 Å². The number of hydrogen-bond donors (Lipinski definition) is 1. The highest BCUT2D eigenvalue weighted by Crippen LogP contribution is 2.29. The third-order valence-corrected chi connectivity index (χ3v) is 5.29. The molecule has 2 aromatic heterocycles. The number of aryl methyl sites for hydroxylation is 2. The molecule has 3 aromatic rings. The minimum atomic E-state index is -0.0794. The second kappa shape index (κ2) is 7.37. The van der Waals surface area contributed by atoms with Crippen LogP contribution in [-0.4, -0.2) is 15.3 Å². The van der Waals surface area contributed by atoms with Gasteiger partial charge in [-0.1, -0.05) is 38.4 Å². The monoisotopic (exact) mass is 391 g/mol. The summed E-state index contributed by atoms with van der Waals surface area (Å²) in [5, 5.41) is 3.94. The van der Waals surface area contributed by atoms with Gasteiger partial charge in [0.25, 0.3) is 0 Å². The first-order valence-electron chi connectivity index (χ1n) is 8.51. The summed E-state index contributed by atoms with van der Waals surface area (Å²) in [7, 11) is 0. The number of aromatic nitrogens is 2. The van der Waals surface area contributed by atoms with Gasteiger partial charge in [0.1, 0.15) is 10.5 Å². The second-order valence-corrected chi connectivity index (χ2v) is 8.76. The Morgan fingerprint density at radius 1 is 1.35 bits per heavy atom. The fourth-order valence-electron chi connectivity index (χ4n) is 2.59. The molecule has 1 N–H and O–H groups in total. The summed E-state index contributed by atoms with van der Waals surface area (Å²) in [4.78, 5) is 16.7. The molecule has 0 fully saturated rings. The van der Waals surface area contributed by atoms with E-state index in [0.29, 0.717) is 22.9 Å². The maximum absolute atomic E-state index is 12.1. The van der Waals surface area contributed by atoms with Crippen molar-refractivity contribution in [2.75, 3.05) is 5.32 Å². The summed E-state index contributed by atoms with van der Waals surface area (Å²) in [6.45, 7) is 8.28. The van der Waals surface area contributed by atoms with Crippen molar-refractivity contribution in [3.63, 3.8) is 0 Å². The molecule has 5 nitrogen and oxygen atoms in total. The fourth-order valence-corrected chi connectivity index (χ4v) is 3.54. The summed E-state index contributed by atoms with van der Waals surface area (Å²) in [5.74, 6) is 0.668.